The summed E-state index contributed by atoms with van der Waals surface area (Å²) in [6, 6.07) is 0.719. The largest absolute Gasteiger partial charge is 0.469 e. The molecule has 0 fully saturated rings. The Morgan fingerprint density at radius 2 is 1.14 bits per heavy atom. The van der Waals surface area contributed by atoms with E-state index in [1.807, 2.05) is 0 Å². The van der Waals surface area contributed by atoms with Gasteiger partial charge in [0, 0.05) is 6.04 Å². The summed E-state index contributed by atoms with van der Waals surface area (Å²) < 4.78 is 19.6. The molecule has 0 aromatic rings. The van der Waals surface area contributed by atoms with Crippen LogP contribution >= 0.6 is 0 Å². The molecule has 0 N–H and O–H groups in total. The molecule has 0 radical (unpaired) electrons. The van der Waals surface area contributed by atoms with Crippen molar-refractivity contribution < 1.29 is 17.1 Å². The number of aliphatic imine (C=N–C) groups is 1. The lowest BCUT2D eigenvalue weighted by Gasteiger charge is -2.42. The van der Waals surface area contributed by atoms with Crippen LogP contribution in [0.4, 0.5) is 0 Å². The van der Waals surface area contributed by atoms with Crippen LogP contribution in [0.2, 0.25) is 65.0 Å². The Hall–Kier alpha value is 0.128. The van der Waals surface area contributed by atoms with Crippen molar-refractivity contribution in [1.29, 1.82) is 0 Å². The van der Waals surface area contributed by atoms with Gasteiger partial charge in [-0.25, -0.2) is 9.79 Å². The summed E-state index contributed by atoms with van der Waals surface area (Å²) in [6.45, 7) is 20.0. The average Bonchev–Trinajstić information content (AvgIpc) is 2.16. The molecular weight excluding hydrogens is 346 g/mol. The maximum atomic E-state index is 10.3. The van der Waals surface area contributed by atoms with Gasteiger partial charge in [0.2, 0.25) is 6.08 Å². The third-order valence-electron chi connectivity index (χ3n) is 2.20. The number of carbonyl (C=O) groups excluding carboxylic acids is 1. The van der Waals surface area contributed by atoms with Crippen molar-refractivity contribution in [3.8, 4) is 0 Å². The van der Waals surface area contributed by atoms with Crippen LogP contribution in [-0.4, -0.2) is 46.4 Å². The highest BCUT2D eigenvalue weighted by Crippen LogP contribution is 2.29. The predicted molar refractivity (Wildman–Crippen MR) is 101 cm³/mol. The molecule has 22 heavy (non-hydrogen) atoms. The normalized spacial score (nSPS) is 13.9. The maximum Gasteiger partial charge on any atom is 0.469 e. The van der Waals surface area contributed by atoms with Crippen LogP contribution < -0.4 is 0 Å². The van der Waals surface area contributed by atoms with Crippen LogP contribution in [-0.2, 0) is 17.1 Å². The molecule has 0 aliphatic rings. The molecule has 0 aromatic carbocycles. The first-order valence-corrected chi connectivity index (χ1v) is 20.0. The monoisotopic (exact) mass is 379 g/mol. The van der Waals surface area contributed by atoms with Crippen molar-refractivity contribution in [2.24, 2.45) is 4.99 Å². The number of nitrogens with zero attached hydrogens (tertiary/aromatic N) is 1. The molecule has 0 aliphatic heterocycles. The molecule has 9 heteroatoms. The number of hydrogen-bond donors (Lipinski definition) is 0. The van der Waals surface area contributed by atoms with E-state index < -0.39 is 33.8 Å². The summed E-state index contributed by atoms with van der Waals surface area (Å²) in [7, 11) is -8.19. The van der Waals surface area contributed by atoms with Gasteiger partial charge in [0.15, 0.2) is 25.0 Å². The van der Waals surface area contributed by atoms with E-state index in [-0.39, 0.29) is 0 Å². The quantitative estimate of drug-likeness (QED) is 0.247. The summed E-state index contributed by atoms with van der Waals surface area (Å²) in [5.74, 6) is 0. The maximum absolute atomic E-state index is 10.3. The van der Waals surface area contributed by atoms with Crippen LogP contribution in [0, 0.1) is 0 Å². The van der Waals surface area contributed by atoms with Gasteiger partial charge in [-0.2, -0.15) is 0 Å². The lowest BCUT2D eigenvalue weighted by Crippen LogP contribution is -2.60. The average molecular weight is 380 g/mol. The summed E-state index contributed by atoms with van der Waals surface area (Å²) in [6.07, 6.45) is 2.33. The van der Waals surface area contributed by atoms with E-state index in [9.17, 15) is 4.79 Å². The second-order valence-electron chi connectivity index (χ2n) is 8.40. The van der Waals surface area contributed by atoms with Gasteiger partial charge in [0.25, 0.3) is 0 Å². The highest BCUT2D eigenvalue weighted by atomic mass is 28.5. The zero-order valence-corrected chi connectivity index (χ0v) is 19.7. The molecule has 0 aliphatic carbocycles. The van der Waals surface area contributed by atoms with Gasteiger partial charge in [-0.15, -0.1) is 0 Å². The molecule has 0 unspecified atom stereocenters. The molecule has 0 rings (SSSR count). The van der Waals surface area contributed by atoms with E-state index in [4.69, 9.17) is 12.3 Å². The van der Waals surface area contributed by atoms with E-state index in [1.165, 1.54) is 0 Å². The van der Waals surface area contributed by atoms with E-state index in [0.29, 0.717) is 6.54 Å². The van der Waals surface area contributed by atoms with Crippen LogP contribution in [0.25, 0.3) is 0 Å². The van der Waals surface area contributed by atoms with Gasteiger partial charge >= 0.3 is 8.80 Å². The minimum atomic E-state index is -2.76. The molecule has 0 heterocycles. The van der Waals surface area contributed by atoms with Crippen molar-refractivity contribution in [2.75, 3.05) is 6.54 Å². The summed E-state index contributed by atoms with van der Waals surface area (Å²) in [4.78, 5) is 13.9. The smallest absolute Gasteiger partial charge is 0.417 e. The van der Waals surface area contributed by atoms with E-state index in [1.54, 1.807) is 6.08 Å². The van der Waals surface area contributed by atoms with Crippen LogP contribution in [0.5, 0.6) is 0 Å². The van der Waals surface area contributed by atoms with Crippen molar-refractivity contribution in [3.63, 3.8) is 0 Å². The Morgan fingerprint density at radius 1 is 0.773 bits per heavy atom. The zero-order chi connectivity index (χ0) is 17.7. The van der Waals surface area contributed by atoms with E-state index in [0.717, 1.165) is 12.5 Å². The topological polar surface area (TPSA) is 57.1 Å². The molecule has 0 aromatic heterocycles. The molecule has 130 valence electrons. The molecule has 0 bridgehead atoms. The van der Waals surface area contributed by atoms with Gasteiger partial charge in [-0.3, -0.25) is 0 Å². The Balaban J connectivity index is 5.42. The van der Waals surface area contributed by atoms with Crippen LogP contribution in [0.3, 0.4) is 0 Å². The first-order chi connectivity index (χ1) is 9.68. The van der Waals surface area contributed by atoms with Crippen LogP contribution in [0.15, 0.2) is 4.99 Å². The van der Waals surface area contributed by atoms with Crippen molar-refractivity contribution in [3.05, 3.63) is 0 Å². The fourth-order valence-corrected chi connectivity index (χ4v) is 16.7. The minimum absolute atomic E-state index is 0.456. The van der Waals surface area contributed by atoms with E-state index in [2.05, 4.69) is 63.9 Å². The van der Waals surface area contributed by atoms with Gasteiger partial charge < -0.3 is 12.3 Å². The molecule has 5 nitrogen and oxygen atoms in total. The molecule has 0 saturated heterocycles. The Morgan fingerprint density at radius 3 is 1.41 bits per heavy atom. The Bertz CT molecular complexity index is 352. The minimum Gasteiger partial charge on any atom is -0.417 e. The lowest BCUT2D eigenvalue weighted by molar-refractivity contribution is 0.251. The van der Waals surface area contributed by atoms with Gasteiger partial charge in [0.05, 0.1) is 6.54 Å². The number of isocyanates is 1. The molecule has 0 atom stereocenters. The number of hydrogen-bond acceptors (Lipinski definition) is 5. The SMILES string of the molecule is C[Si](C)(C)O[Si](CCCN=C=O)(O[Si](C)(C)C)O[Si](C)(C)C. The molecule has 0 spiro atoms. The fourth-order valence-electron chi connectivity index (χ4n) is 2.04. The molecular formula is C13H33NO4Si4. The predicted octanol–water partition coefficient (Wildman–Crippen LogP) is 4.21. The van der Waals surface area contributed by atoms with Crippen LogP contribution in [0.1, 0.15) is 6.42 Å². The second-order valence-corrected chi connectivity index (χ2v) is 25.4. The van der Waals surface area contributed by atoms with Gasteiger partial charge in [-0.1, -0.05) is 0 Å². The third kappa shape index (κ3) is 11.7. The highest BCUT2D eigenvalue weighted by Gasteiger charge is 2.49. The van der Waals surface area contributed by atoms with E-state index >= 15 is 0 Å². The lowest BCUT2D eigenvalue weighted by atomic mass is 10.5. The highest BCUT2D eigenvalue weighted by molar-refractivity contribution is 6.90. The second kappa shape index (κ2) is 8.29. The van der Waals surface area contributed by atoms with Crippen molar-refractivity contribution >= 4 is 39.8 Å². The summed E-state index contributed by atoms with van der Waals surface area (Å²) >= 11 is 0. The van der Waals surface area contributed by atoms with Crippen molar-refractivity contribution in [1.82, 2.24) is 0 Å². The summed E-state index contributed by atoms with van der Waals surface area (Å²) in [5.41, 5.74) is 0. The first-order valence-electron chi connectivity index (χ1n) is 7.82. The Labute approximate surface area is 140 Å². The Kier molecular flexibility index (Phi) is 8.34. The number of rotatable bonds is 10. The van der Waals surface area contributed by atoms with Gasteiger partial charge in [0.1, 0.15) is 0 Å². The first kappa shape index (κ1) is 22.1. The zero-order valence-electron chi connectivity index (χ0n) is 15.7. The fraction of sp³-hybridized carbons (Fsp3) is 0.923. The standard InChI is InChI=1S/C13H33NO4Si4/c1-19(2,3)16-22(17-20(4,5)6,18-21(7,8)9)12-10-11-14-13-15/h10-12H2,1-9H3. The van der Waals surface area contributed by atoms with Gasteiger partial charge in [-0.05, 0) is 65.3 Å². The molecule has 0 saturated carbocycles. The third-order valence-corrected chi connectivity index (χ3v) is 14.2. The van der Waals surface area contributed by atoms with Crippen molar-refractivity contribution in [2.45, 2.75) is 71.4 Å². The summed E-state index contributed by atoms with van der Waals surface area (Å²) in [5, 5.41) is 0. The molecule has 0 amide bonds.